The molecule has 2 N–H and O–H groups in total. The summed E-state index contributed by atoms with van der Waals surface area (Å²) in [5.74, 6) is 0.228. The molecule has 0 saturated carbocycles. The van der Waals surface area contributed by atoms with E-state index >= 15 is 0 Å². The zero-order valence-corrected chi connectivity index (χ0v) is 24.5. The number of benzene rings is 3. The quantitative estimate of drug-likeness (QED) is 0.184. The highest BCUT2D eigenvalue weighted by atomic mass is 32.2. The monoisotopic (exact) mass is 572 g/mol. The molecule has 4 aromatic rings. The molecule has 0 bridgehead atoms. The summed E-state index contributed by atoms with van der Waals surface area (Å²) in [4.78, 5) is 17.5. The largest absolute Gasteiger partial charge is 0.369 e. The summed E-state index contributed by atoms with van der Waals surface area (Å²) in [5.41, 5.74) is 5.69. The summed E-state index contributed by atoms with van der Waals surface area (Å²) in [5, 5.41) is 15.5. The minimum Gasteiger partial charge on any atom is -0.369 e. The van der Waals surface area contributed by atoms with Crippen LogP contribution in [0, 0.1) is 0 Å². The fourth-order valence-electron chi connectivity index (χ4n) is 4.66. The molecule has 0 radical (unpaired) electrons. The molecule has 208 valence electrons. The summed E-state index contributed by atoms with van der Waals surface area (Å²) in [6, 6.07) is 27.2. The predicted molar refractivity (Wildman–Crippen MR) is 168 cm³/mol. The molecule has 1 amide bonds. The molecule has 0 unspecified atom stereocenters. The fourth-order valence-corrected chi connectivity index (χ4v) is 6.24. The molecule has 1 saturated heterocycles. The third kappa shape index (κ3) is 8.30. The Hall–Kier alpha value is -3.40. The van der Waals surface area contributed by atoms with Crippen molar-refractivity contribution < 1.29 is 4.79 Å². The van der Waals surface area contributed by atoms with Crippen molar-refractivity contribution in [3.8, 4) is 0 Å². The highest BCUT2D eigenvalue weighted by Crippen LogP contribution is 2.28. The summed E-state index contributed by atoms with van der Waals surface area (Å²) in [7, 11) is 0. The number of carbonyl (C=O) groups excluding carboxylic acids is 1. The van der Waals surface area contributed by atoms with Gasteiger partial charge in [0.2, 0.25) is 11.0 Å². The lowest BCUT2D eigenvalue weighted by Crippen LogP contribution is -2.45. The van der Waals surface area contributed by atoms with Crippen LogP contribution in [0.1, 0.15) is 30.9 Å². The maximum Gasteiger partial charge on any atom is 0.234 e. The van der Waals surface area contributed by atoms with Crippen molar-refractivity contribution >= 4 is 51.2 Å². The van der Waals surface area contributed by atoms with Gasteiger partial charge < -0.3 is 15.5 Å². The summed E-state index contributed by atoms with van der Waals surface area (Å²) >= 11 is 2.85. The molecular weight excluding hydrogens is 537 g/mol. The molecule has 0 atom stereocenters. The van der Waals surface area contributed by atoms with Gasteiger partial charge in [0.05, 0.1) is 5.75 Å². The van der Waals surface area contributed by atoms with E-state index in [-0.39, 0.29) is 11.7 Å². The molecule has 0 spiro atoms. The first-order chi connectivity index (χ1) is 19.6. The Bertz CT molecular complexity index is 1340. The molecule has 1 aromatic heterocycles. The van der Waals surface area contributed by atoms with Gasteiger partial charge in [-0.2, -0.15) is 0 Å². The first-order valence-corrected chi connectivity index (χ1v) is 15.7. The van der Waals surface area contributed by atoms with Crippen LogP contribution in [-0.2, 0) is 17.8 Å². The summed E-state index contributed by atoms with van der Waals surface area (Å²) < 4.78 is 0.763. The van der Waals surface area contributed by atoms with Gasteiger partial charge in [0, 0.05) is 49.8 Å². The van der Waals surface area contributed by atoms with Crippen LogP contribution in [-0.4, -0.2) is 52.9 Å². The van der Waals surface area contributed by atoms with E-state index in [9.17, 15) is 4.79 Å². The van der Waals surface area contributed by atoms with Gasteiger partial charge >= 0.3 is 0 Å². The van der Waals surface area contributed by atoms with Gasteiger partial charge in [0.25, 0.3) is 0 Å². The molecule has 9 heteroatoms. The van der Waals surface area contributed by atoms with Crippen molar-refractivity contribution in [3.05, 3.63) is 90.0 Å². The Balaban J connectivity index is 1.03. The number of nitrogens with zero attached hydrogens (tertiary/aromatic N) is 4. The number of amides is 1. The van der Waals surface area contributed by atoms with Crippen molar-refractivity contribution in [2.45, 2.75) is 37.1 Å². The number of carbonyl (C=O) groups is 1. The van der Waals surface area contributed by atoms with E-state index in [0.29, 0.717) is 0 Å². The maximum atomic E-state index is 12.6. The van der Waals surface area contributed by atoms with E-state index in [0.717, 1.165) is 60.0 Å². The fraction of sp³-hybridized carbons (Fsp3) is 0.323. The lowest BCUT2D eigenvalue weighted by Gasteiger charge is -2.36. The van der Waals surface area contributed by atoms with E-state index in [1.165, 1.54) is 52.8 Å². The van der Waals surface area contributed by atoms with Gasteiger partial charge in [-0.15, -0.1) is 10.2 Å². The van der Waals surface area contributed by atoms with Gasteiger partial charge in [0.1, 0.15) is 0 Å². The van der Waals surface area contributed by atoms with Crippen LogP contribution in [0.2, 0.25) is 0 Å². The molecule has 1 aliphatic heterocycles. The van der Waals surface area contributed by atoms with Gasteiger partial charge in [-0.1, -0.05) is 78.9 Å². The summed E-state index contributed by atoms with van der Waals surface area (Å²) in [6.45, 7) is 7.28. The molecule has 1 fully saturated rings. The third-order valence-corrected chi connectivity index (χ3v) is 8.87. The van der Waals surface area contributed by atoms with Crippen LogP contribution >= 0.6 is 23.1 Å². The number of hydrogen-bond donors (Lipinski definition) is 2. The minimum atomic E-state index is -0.0559. The maximum absolute atomic E-state index is 12.6. The second kappa shape index (κ2) is 14.3. The smallest absolute Gasteiger partial charge is 0.234 e. The van der Waals surface area contributed by atoms with E-state index in [1.54, 1.807) is 0 Å². The first kappa shape index (κ1) is 28.1. The molecule has 2 heterocycles. The number of aryl methyl sites for hydroxylation is 1. The number of anilines is 4. The number of unbranched alkanes of at least 4 members (excludes halogenated alkanes) is 1. The van der Waals surface area contributed by atoms with Crippen LogP contribution in [0.3, 0.4) is 0 Å². The Morgan fingerprint density at radius 3 is 2.33 bits per heavy atom. The molecule has 40 heavy (non-hydrogen) atoms. The molecule has 3 aromatic carbocycles. The molecule has 1 aliphatic rings. The Labute approximate surface area is 245 Å². The van der Waals surface area contributed by atoms with Crippen molar-refractivity contribution in [2.24, 2.45) is 0 Å². The van der Waals surface area contributed by atoms with Crippen LogP contribution in [0.15, 0.2) is 83.2 Å². The van der Waals surface area contributed by atoms with Crippen molar-refractivity contribution in [2.75, 3.05) is 47.5 Å². The molecule has 0 aliphatic carbocycles. The Morgan fingerprint density at radius 2 is 1.60 bits per heavy atom. The second-order valence-corrected chi connectivity index (χ2v) is 12.1. The number of aromatic nitrogens is 2. The topological polar surface area (TPSA) is 73.4 Å². The lowest BCUT2D eigenvalue weighted by molar-refractivity contribution is -0.113. The molecule has 5 rings (SSSR count). The first-order valence-electron chi connectivity index (χ1n) is 13.9. The lowest BCUT2D eigenvalue weighted by atomic mass is 10.1. The molecular formula is C31H36N6OS2. The molecule has 7 nitrogen and oxygen atoms in total. The Kier molecular flexibility index (Phi) is 10.1. The van der Waals surface area contributed by atoms with Gasteiger partial charge in [-0.3, -0.25) is 9.69 Å². The number of thioether (sulfide) groups is 1. The number of nitrogens with one attached hydrogen (secondary N) is 2. The predicted octanol–water partition coefficient (Wildman–Crippen LogP) is 6.68. The highest BCUT2D eigenvalue weighted by Gasteiger charge is 2.17. The highest BCUT2D eigenvalue weighted by molar-refractivity contribution is 8.01. The normalized spacial score (nSPS) is 13.8. The van der Waals surface area contributed by atoms with Crippen LogP contribution in [0.5, 0.6) is 0 Å². The second-order valence-electron chi connectivity index (χ2n) is 9.93. The van der Waals surface area contributed by atoms with Crippen molar-refractivity contribution in [1.29, 1.82) is 0 Å². The van der Waals surface area contributed by atoms with Gasteiger partial charge in [-0.05, 0) is 60.4 Å². The van der Waals surface area contributed by atoms with Crippen LogP contribution in [0.4, 0.5) is 22.2 Å². The minimum absolute atomic E-state index is 0.0559. The third-order valence-electron chi connectivity index (χ3n) is 6.89. The average molecular weight is 573 g/mol. The zero-order chi connectivity index (χ0) is 27.6. The summed E-state index contributed by atoms with van der Waals surface area (Å²) in [6.07, 6.45) is 3.51. The number of rotatable bonds is 12. The van der Waals surface area contributed by atoms with E-state index in [1.807, 2.05) is 12.1 Å². The van der Waals surface area contributed by atoms with E-state index in [4.69, 9.17) is 0 Å². The van der Waals surface area contributed by atoms with E-state index in [2.05, 4.69) is 104 Å². The van der Waals surface area contributed by atoms with Gasteiger partial charge in [0.15, 0.2) is 4.34 Å². The number of piperazine rings is 1. The Morgan fingerprint density at radius 1 is 0.875 bits per heavy atom. The van der Waals surface area contributed by atoms with Crippen LogP contribution < -0.4 is 15.5 Å². The standard InChI is InChI=1S/C31H36N6OS2/c1-2-3-7-24-10-12-27(13-11-24)33-30-34-35-31(40-30)39-23-29(38)32-26-14-16-28(17-15-26)37-20-18-36(19-21-37)22-25-8-5-4-6-9-25/h4-6,8-17H,2-3,7,18-23H2,1H3,(H,32,38)(H,33,34). The van der Waals surface area contributed by atoms with E-state index < -0.39 is 0 Å². The zero-order valence-electron chi connectivity index (χ0n) is 22.9. The van der Waals surface area contributed by atoms with Crippen molar-refractivity contribution in [1.82, 2.24) is 15.1 Å². The average Bonchev–Trinajstić information content (AvgIpc) is 3.44. The van der Waals surface area contributed by atoms with Crippen LogP contribution in [0.25, 0.3) is 0 Å². The SMILES string of the molecule is CCCCc1ccc(Nc2nnc(SCC(=O)Nc3ccc(N4CCN(Cc5ccccc5)CC4)cc3)s2)cc1. The van der Waals surface area contributed by atoms with Gasteiger partial charge in [-0.25, -0.2) is 0 Å². The number of hydrogen-bond acceptors (Lipinski definition) is 8. The van der Waals surface area contributed by atoms with Crippen molar-refractivity contribution in [3.63, 3.8) is 0 Å².